The van der Waals surface area contributed by atoms with E-state index in [2.05, 4.69) is 15.7 Å². The van der Waals surface area contributed by atoms with Gasteiger partial charge in [0.1, 0.15) is 6.04 Å². The highest BCUT2D eigenvalue weighted by atomic mass is 16.4. The molecule has 0 saturated carbocycles. The van der Waals surface area contributed by atoms with Crippen LogP contribution in [0.2, 0.25) is 0 Å². The van der Waals surface area contributed by atoms with Crippen LogP contribution in [-0.4, -0.2) is 32.9 Å². The van der Waals surface area contributed by atoms with Gasteiger partial charge in [-0.15, -0.1) is 0 Å². The van der Waals surface area contributed by atoms with Crippen molar-refractivity contribution in [3.63, 3.8) is 0 Å². The summed E-state index contributed by atoms with van der Waals surface area (Å²) in [4.78, 5) is 22.8. The molecule has 0 aromatic carbocycles. The summed E-state index contributed by atoms with van der Waals surface area (Å²) in [6.45, 7) is 7.60. The van der Waals surface area contributed by atoms with Gasteiger partial charge in [0.25, 0.3) is 0 Å². The van der Waals surface area contributed by atoms with Crippen LogP contribution in [0.4, 0.5) is 4.79 Å². The van der Waals surface area contributed by atoms with E-state index in [1.54, 1.807) is 18.5 Å². The lowest BCUT2D eigenvalue weighted by Gasteiger charge is -2.18. The Kier molecular flexibility index (Phi) is 5.12. The summed E-state index contributed by atoms with van der Waals surface area (Å²) < 4.78 is 1.75. The Balaban J connectivity index is 2.61. The van der Waals surface area contributed by atoms with Crippen molar-refractivity contribution in [3.8, 4) is 0 Å². The van der Waals surface area contributed by atoms with Crippen LogP contribution in [0.25, 0.3) is 0 Å². The van der Waals surface area contributed by atoms with E-state index < -0.39 is 18.0 Å². The SMILES string of the molecule is Cc1nn(C)c(C)c1CNC(=O)N[C@H](C(=O)O)C(C)C. The highest BCUT2D eigenvalue weighted by Gasteiger charge is 2.23. The van der Waals surface area contributed by atoms with Gasteiger partial charge in [0.05, 0.1) is 5.69 Å². The third-order valence-electron chi connectivity index (χ3n) is 3.30. The molecular formula is C13H22N4O3. The monoisotopic (exact) mass is 282 g/mol. The Morgan fingerprint density at radius 3 is 2.35 bits per heavy atom. The number of amides is 2. The summed E-state index contributed by atoms with van der Waals surface area (Å²) in [5, 5.41) is 18.4. The number of carboxylic acids is 1. The maximum Gasteiger partial charge on any atom is 0.326 e. The summed E-state index contributed by atoms with van der Waals surface area (Å²) in [7, 11) is 1.84. The molecule has 1 aromatic rings. The first-order chi connectivity index (χ1) is 9.23. The van der Waals surface area contributed by atoms with Crippen LogP contribution in [-0.2, 0) is 18.4 Å². The minimum Gasteiger partial charge on any atom is -0.480 e. The van der Waals surface area contributed by atoms with E-state index in [1.807, 2.05) is 20.9 Å². The first-order valence-electron chi connectivity index (χ1n) is 6.50. The van der Waals surface area contributed by atoms with Gasteiger partial charge in [-0.1, -0.05) is 13.8 Å². The van der Waals surface area contributed by atoms with E-state index in [0.29, 0.717) is 6.54 Å². The van der Waals surface area contributed by atoms with E-state index in [1.165, 1.54) is 0 Å². The van der Waals surface area contributed by atoms with Crippen LogP contribution in [0.3, 0.4) is 0 Å². The standard InChI is InChI=1S/C13H22N4O3/c1-7(2)11(12(18)19)15-13(20)14-6-10-8(3)16-17(5)9(10)4/h7,11H,6H2,1-5H3,(H,18,19)(H2,14,15,20)/t11-/m0/s1. The van der Waals surface area contributed by atoms with Gasteiger partial charge in [-0.2, -0.15) is 5.10 Å². The fraction of sp³-hybridized carbons (Fsp3) is 0.615. The minimum absolute atomic E-state index is 0.180. The second kappa shape index (κ2) is 6.40. The van der Waals surface area contributed by atoms with Crippen molar-refractivity contribution in [1.82, 2.24) is 20.4 Å². The van der Waals surface area contributed by atoms with Crippen molar-refractivity contribution >= 4 is 12.0 Å². The number of rotatable bonds is 5. The number of urea groups is 1. The van der Waals surface area contributed by atoms with Crippen LogP contribution in [0.15, 0.2) is 0 Å². The number of aromatic nitrogens is 2. The lowest BCUT2D eigenvalue weighted by Crippen LogP contribution is -2.48. The summed E-state index contributed by atoms with van der Waals surface area (Å²) in [5.74, 6) is -1.22. The summed E-state index contributed by atoms with van der Waals surface area (Å²) in [5.41, 5.74) is 2.77. The average Bonchev–Trinajstić information content (AvgIpc) is 2.57. The third kappa shape index (κ3) is 3.72. The Morgan fingerprint density at radius 1 is 1.35 bits per heavy atom. The van der Waals surface area contributed by atoms with Gasteiger partial charge in [0, 0.05) is 24.8 Å². The van der Waals surface area contributed by atoms with Gasteiger partial charge in [0.2, 0.25) is 0 Å². The fourth-order valence-corrected chi connectivity index (χ4v) is 1.95. The molecule has 0 aliphatic carbocycles. The number of hydrogen-bond donors (Lipinski definition) is 3. The first-order valence-corrected chi connectivity index (χ1v) is 6.50. The van der Waals surface area contributed by atoms with Crippen molar-refractivity contribution in [3.05, 3.63) is 17.0 Å². The third-order valence-corrected chi connectivity index (χ3v) is 3.30. The number of carboxylic acid groups (broad SMARTS) is 1. The number of nitrogens with one attached hydrogen (secondary N) is 2. The molecule has 0 radical (unpaired) electrons. The molecule has 0 spiro atoms. The molecule has 20 heavy (non-hydrogen) atoms. The van der Waals surface area contributed by atoms with E-state index in [0.717, 1.165) is 17.0 Å². The van der Waals surface area contributed by atoms with Crippen molar-refractivity contribution in [2.75, 3.05) is 0 Å². The Hall–Kier alpha value is -2.05. The highest BCUT2D eigenvalue weighted by molar-refractivity contribution is 5.82. The maximum absolute atomic E-state index is 11.8. The summed E-state index contributed by atoms with van der Waals surface area (Å²) >= 11 is 0. The summed E-state index contributed by atoms with van der Waals surface area (Å²) in [6, 6.07) is -1.39. The van der Waals surface area contributed by atoms with Gasteiger partial charge in [-0.25, -0.2) is 9.59 Å². The van der Waals surface area contributed by atoms with Crippen LogP contribution in [0.5, 0.6) is 0 Å². The number of nitrogens with zero attached hydrogens (tertiary/aromatic N) is 2. The molecule has 1 heterocycles. The topological polar surface area (TPSA) is 96.3 Å². The molecule has 0 saturated heterocycles. The van der Waals surface area contributed by atoms with Crippen molar-refractivity contribution in [2.45, 2.75) is 40.3 Å². The molecule has 112 valence electrons. The molecule has 0 aliphatic rings. The van der Waals surface area contributed by atoms with E-state index in [-0.39, 0.29) is 5.92 Å². The number of aryl methyl sites for hydroxylation is 2. The Bertz CT molecular complexity index is 508. The second-order valence-corrected chi connectivity index (χ2v) is 5.16. The second-order valence-electron chi connectivity index (χ2n) is 5.16. The quantitative estimate of drug-likeness (QED) is 0.749. The zero-order valence-electron chi connectivity index (χ0n) is 12.5. The molecular weight excluding hydrogens is 260 g/mol. The largest absolute Gasteiger partial charge is 0.480 e. The van der Waals surface area contributed by atoms with Gasteiger partial charge < -0.3 is 15.7 Å². The number of aliphatic carboxylic acids is 1. The smallest absolute Gasteiger partial charge is 0.326 e. The normalized spacial score (nSPS) is 12.3. The molecule has 1 aromatic heterocycles. The minimum atomic E-state index is -1.04. The van der Waals surface area contributed by atoms with Crippen LogP contribution in [0, 0.1) is 19.8 Å². The Morgan fingerprint density at radius 2 is 1.95 bits per heavy atom. The van der Waals surface area contributed by atoms with E-state index >= 15 is 0 Å². The zero-order valence-corrected chi connectivity index (χ0v) is 12.5. The maximum atomic E-state index is 11.8. The number of carbonyl (C=O) groups is 2. The predicted molar refractivity (Wildman–Crippen MR) is 74.3 cm³/mol. The first kappa shape index (κ1) is 16.0. The lowest BCUT2D eigenvalue weighted by atomic mass is 10.1. The molecule has 0 fully saturated rings. The van der Waals surface area contributed by atoms with Gasteiger partial charge in [0.15, 0.2) is 0 Å². The molecule has 7 heteroatoms. The Labute approximate surface area is 118 Å². The average molecular weight is 282 g/mol. The number of carbonyl (C=O) groups excluding carboxylic acids is 1. The van der Waals surface area contributed by atoms with Gasteiger partial charge >= 0.3 is 12.0 Å². The van der Waals surface area contributed by atoms with Crippen LogP contribution < -0.4 is 10.6 Å². The summed E-state index contributed by atoms with van der Waals surface area (Å²) in [6.07, 6.45) is 0. The van der Waals surface area contributed by atoms with Crippen molar-refractivity contribution < 1.29 is 14.7 Å². The zero-order chi connectivity index (χ0) is 15.4. The highest BCUT2D eigenvalue weighted by Crippen LogP contribution is 2.11. The van der Waals surface area contributed by atoms with Crippen molar-refractivity contribution in [1.29, 1.82) is 0 Å². The van der Waals surface area contributed by atoms with Gasteiger partial charge in [-0.05, 0) is 19.8 Å². The molecule has 1 atom stereocenters. The van der Waals surface area contributed by atoms with Crippen molar-refractivity contribution in [2.24, 2.45) is 13.0 Å². The molecule has 3 N–H and O–H groups in total. The van der Waals surface area contributed by atoms with Crippen LogP contribution >= 0.6 is 0 Å². The molecule has 0 bridgehead atoms. The van der Waals surface area contributed by atoms with E-state index in [9.17, 15) is 9.59 Å². The molecule has 2 amide bonds. The predicted octanol–water partition coefficient (Wildman–Crippen LogP) is 0.945. The van der Waals surface area contributed by atoms with Gasteiger partial charge in [-0.3, -0.25) is 4.68 Å². The fourth-order valence-electron chi connectivity index (χ4n) is 1.95. The van der Waals surface area contributed by atoms with Crippen LogP contribution in [0.1, 0.15) is 30.8 Å². The van der Waals surface area contributed by atoms with E-state index in [4.69, 9.17) is 5.11 Å². The number of hydrogen-bond acceptors (Lipinski definition) is 3. The lowest BCUT2D eigenvalue weighted by molar-refractivity contribution is -0.140. The molecule has 7 nitrogen and oxygen atoms in total. The molecule has 0 unspecified atom stereocenters. The molecule has 0 aliphatic heterocycles. The molecule has 1 rings (SSSR count).